The number of anilines is 2. The highest BCUT2D eigenvalue weighted by Gasteiger charge is 2.17. The molecule has 3 rings (SSSR count). The van der Waals surface area contributed by atoms with E-state index in [0.717, 1.165) is 5.75 Å². The van der Waals surface area contributed by atoms with Crippen LogP contribution in [0.2, 0.25) is 10.0 Å². The van der Waals surface area contributed by atoms with Gasteiger partial charge in [0, 0.05) is 12.2 Å². The van der Waals surface area contributed by atoms with Crippen molar-refractivity contribution in [2.45, 2.75) is 25.0 Å². The fourth-order valence-corrected chi connectivity index (χ4v) is 4.05. The SMILES string of the molecule is C=CCn1c(CC(=O)Nc2cccc(Cl)c2Cl)nnc1SCC(=O)Nc1ccc(OCC)cc1. The van der Waals surface area contributed by atoms with Crippen LogP contribution >= 0.6 is 35.0 Å². The van der Waals surface area contributed by atoms with Crippen molar-refractivity contribution in [3.05, 3.63) is 71.0 Å². The van der Waals surface area contributed by atoms with Crippen LogP contribution in [0.3, 0.4) is 0 Å². The van der Waals surface area contributed by atoms with Crippen LogP contribution < -0.4 is 15.4 Å². The van der Waals surface area contributed by atoms with Crippen molar-refractivity contribution in [3.8, 4) is 5.75 Å². The molecule has 34 heavy (non-hydrogen) atoms. The van der Waals surface area contributed by atoms with Gasteiger partial charge in [-0.15, -0.1) is 16.8 Å². The summed E-state index contributed by atoms with van der Waals surface area (Å²) in [6, 6.07) is 12.1. The normalized spacial score (nSPS) is 10.6. The second-order valence-electron chi connectivity index (χ2n) is 6.92. The van der Waals surface area contributed by atoms with Crippen molar-refractivity contribution in [2.24, 2.45) is 0 Å². The number of hydrogen-bond acceptors (Lipinski definition) is 6. The number of aromatic nitrogens is 3. The van der Waals surface area contributed by atoms with Crippen molar-refractivity contribution in [2.75, 3.05) is 23.0 Å². The summed E-state index contributed by atoms with van der Waals surface area (Å²) in [5, 5.41) is 14.9. The average Bonchev–Trinajstić information content (AvgIpc) is 3.18. The number of thioether (sulfide) groups is 1. The standard InChI is InChI=1S/C23H23Cl2N5O3S/c1-3-12-30-19(13-20(31)27-18-7-5-6-17(24)22(18)25)28-29-23(30)34-14-21(32)26-15-8-10-16(11-9-15)33-4-2/h3,5-11H,1,4,12-14H2,2H3,(H,26,32)(H,27,31). The minimum atomic E-state index is -0.327. The average molecular weight is 520 g/mol. The smallest absolute Gasteiger partial charge is 0.234 e. The summed E-state index contributed by atoms with van der Waals surface area (Å²) in [6.45, 7) is 6.62. The van der Waals surface area contributed by atoms with Gasteiger partial charge in [0.1, 0.15) is 11.6 Å². The predicted octanol–water partition coefficient (Wildman–Crippen LogP) is 5.08. The molecule has 2 aromatic carbocycles. The van der Waals surface area contributed by atoms with Gasteiger partial charge in [0.2, 0.25) is 11.8 Å². The summed E-state index contributed by atoms with van der Waals surface area (Å²) in [5.41, 5.74) is 1.08. The molecule has 11 heteroatoms. The number of ether oxygens (including phenoxy) is 1. The minimum Gasteiger partial charge on any atom is -0.494 e. The summed E-state index contributed by atoms with van der Waals surface area (Å²) in [5.74, 6) is 0.766. The molecule has 0 bridgehead atoms. The second-order valence-corrected chi connectivity index (χ2v) is 8.65. The van der Waals surface area contributed by atoms with E-state index in [0.29, 0.717) is 40.5 Å². The lowest BCUT2D eigenvalue weighted by Crippen LogP contribution is -2.18. The number of rotatable bonds is 11. The van der Waals surface area contributed by atoms with Crippen LogP contribution in [0.5, 0.6) is 5.75 Å². The maximum Gasteiger partial charge on any atom is 0.234 e. The Morgan fingerprint density at radius 1 is 1.12 bits per heavy atom. The molecule has 0 saturated heterocycles. The molecular formula is C23H23Cl2N5O3S. The maximum absolute atomic E-state index is 12.5. The van der Waals surface area contributed by atoms with Crippen LogP contribution in [-0.2, 0) is 22.6 Å². The molecule has 0 radical (unpaired) electrons. The van der Waals surface area contributed by atoms with E-state index in [1.54, 1.807) is 53.1 Å². The lowest BCUT2D eigenvalue weighted by Gasteiger charge is -2.10. The predicted molar refractivity (Wildman–Crippen MR) is 136 cm³/mol. The van der Waals surface area contributed by atoms with E-state index >= 15 is 0 Å². The number of carbonyl (C=O) groups is 2. The highest BCUT2D eigenvalue weighted by molar-refractivity contribution is 7.99. The third-order valence-corrected chi connectivity index (χ3v) is 6.22. The highest BCUT2D eigenvalue weighted by Crippen LogP contribution is 2.29. The van der Waals surface area contributed by atoms with Gasteiger partial charge in [0.15, 0.2) is 5.16 Å². The lowest BCUT2D eigenvalue weighted by atomic mass is 10.3. The van der Waals surface area contributed by atoms with Crippen LogP contribution in [0.4, 0.5) is 11.4 Å². The number of halogens is 2. The summed E-state index contributed by atoms with van der Waals surface area (Å²) >= 11 is 13.3. The van der Waals surface area contributed by atoms with E-state index in [4.69, 9.17) is 27.9 Å². The van der Waals surface area contributed by atoms with Crippen molar-refractivity contribution >= 4 is 58.2 Å². The van der Waals surface area contributed by atoms with Gasteiger partial charge in [0.05, 0.1) is 34.5 Å². The molecular weight excluding hydrogens is 497 g/mol. The molecule has 3 aromatic rings. The van der Waals surface area contributed by atoms with Crippen molar-refractivity contribution in [3.63, 3.8) is 0 Å². The molecule has 0 fully saturated rings. The maximum atomic E-state index is 12.5. The zero-order valence-electron chi connectivity index (χ0n) is 18.4. The van der Waals surface area contributed by atoms with Crippen molar-refractivity contribution < 1.29 is 14.3 Å². The third kappa shape index (κ3) is 6.99. The van der Waals surface area contributed by atoms with E-state index in [9.17, 15) is 9.59 Å². The number of allylic oxidation sites excluding steroid dienone is 1. The molecule has 1 aromatic heterocycles. The van der Waals surface area contributed by atoms with Gasteiger partial charge < -0.3 is 19.9 Å². The van der Waals surface area contributed by atoms with E-state index in [1.165, 1.54) is 11.8 Å². The Hall–Kier alpha value is -3.01. The number of carbonyl (C=O) groups excluding carboxylic acids is 2. The van der Waals surface area contributed by atoms with E-state index < -0.39 is 0 Å². The zero-order valence-corrected chi connectivity index (χ0v) is 20.7. The quantitative estimate of drug-likeness (QED) is 0.270. The molecule has 0 aliphatic carbocycles. The van der Waals surface area contributed by atoms with E-state index in [1.807, 2.05) is 6.92 Å². The van der Waals surface area contributed by atoms with E-state index in [-0.39, 0.29) is 29.0 Å². The van der Waals surface area contributed by atoms with Gasteiger partial charge in [-0.3, -0.25) is 9.59 Å². The fourth-order valence-electron chi connectivity index (χ4n) is 2.94. The Labute approximate surface area is 211 Å². The molecule has 0 aliphatic rings. The van der Waals surface area contributed by atoms with Gasteiger partial charge in [-0.1, -0.05) is 47.1 Å². The number of nitrogens with zero attached hydrogens (tertiary/aromatic N) is 3. The Balaban J connectivity index is 1.60. The number of amides is 2. The molecule has 8 nitrogen and oxygen atoms in total. The van der Waals surface area contributed by atoms with Gasteiger partial charge in [0.25, 0.3) is 0 Å². The Morgan fingerprint density at radius 3 is 2.59 bits per heavy atom. The van der Waals surface area contributed by atoms with Crippen LogP contribution in [0.1, 0.15) is 12.7 Å². The van der Waals surface area contributed by atoms with Crippen LogP contribution in [0.25, 0.3) is 0 Å². The largest absolute Gasteiger partial charge is 0.494 e. The topological polar surface area (TPSA) is 98.1 Å². The number of benzene rings is 2. The fraction of sp³-hybridized carbons (Fsp3) is 0.217. The zero-order chi connectivity index (χ0) is 24.5. The first-order valence-electron chi connectivity index (χ1n) is 10.3. The highest BCUT2D eigenvalue weighted by atomic mass is 35.5. The molecule has 1 heterocycles. The second kappa shape index (κ2) is 12.5. The number of nitrogens with one attached hydrogen (secondary N) is 2. The monoisotopic (exact) mass is 519 g/mol. The van der Waals surface area contributed by atoms with Gasteiger partial charge >= 0.3 is 0 Å². The van der Waals surface area contributed by atoms with Crippen LogP contribution in [-0.4, -0.2) is 38.9 Å². The Bertz CT molecular complexity index is 1170. The van der Waals surface area contributed by atoms with Gasteiger partial charge in [-0.05, 0) is 43.3 Å². The summed E-state index contributed by atoms with van der Waals surface area (Å²) < 4.78 is 7.13. The third-order valence-electron chi connectivity index (χ3n) is 4.43. The molecule has 2 N–H and O–H groups in total. The Kier molecular flexibility index (Phi) is 9.38. The first-order valence-corrected chi connectivity index (χ1v) is 12.1. The molecule has 0 aliphatic heterocycles. The summed E-state index contributed by atoms with van der Waals surface area (Å²) in [4.78, 5) is 24.9. The van der Waals surface area contributed by atoms with E-state index in [2.05, 4.69) is 27.4 Å². The first kappa shape index (κ1) is 25.6. The molecule has 0 spiro atoms. The van der Waals surface area contributed by atoms with Gasteiger partial charge in [-0.2, -0.15) is 0 Å². The molecule has 0 atom stereocenters. The molecule has 2 amide bonds. The molecule has 0 saturated carbocycles. The Morgan fingerprint density at radius 2 is 1.88 bits per heavy atom. The molecule has 0 unspecified atom stereocenters. The lowest BCUT2D eigenvalue weighted by molar-refractivity contribution is -0.116. The van der Waals surface area contributed by atoms with Gasteiger partial charge in [-0.25, -0.2) is 0 Å². The van der Waals surface area contributed by atoms with Crippen molar-refractivity contribution in [1.82, 2.24) is 14.8 Å². The van der Waals surface area contributed by atoms with Crippen LogP contribution in [0, 0.1) is 0 Å². The number of hydrogen-bond donors (Lipinski definition) is 2. The minimum absolute atomic E-state index is 0.0391. The van der Waals surface area contributed by atoms with Crippen molar-refractivity contribution in [1.29, 1.82) is 0 Å². The molecule has 178 valence electrons. The summed E-state index contributed by atoms with van der Waals surface area (Å²) in [7, 11) is 0. The summed E-state index contributed by atoms with van der Waals surface area (Å²) in [6.07, 6.45) is 1.63. The first-order chi connectivity index (χ1) is 16.4. The van der Waals surface area contributed by atoms with Crippen LogP contribution in [0.15, 0.2) is 60.3 Å².